The van der Waals surface area contributed by atoms with Crippen molar-refractivity contribution >= 4 is 22.5 Å². The number of piperidine rings is 1. The van der Waals surface area contributed by atoms with Crippen LogP contribution in [0.25, 0.3) is 22.0 Å². The molecule has 3 aromatic heterocycles. The van der Waals surface area contributed by atoms with Crippen LogP contribution >= 0.6 is 0 Å². The first-order valence-corrected chi connectivity index (χ1v) is 12.6. The second-order valence-electron chi connectivity index (χ2n) is 10.2. The van der Waals surface area contributed by atoms with Crippen LogP contribution in [-0.2, 0) is 17.9 Å². The minimum atomic E-state index is -0.351. The standard InChI is InChI=1S/C26H34FN7O/c1-18(2)15-33-6-3-4-19(16-33)26(35)31-25-11-20-10-23(28-12-21(20)13-29-25)22-14-30-34-9-8-32(7-5-27)17-24(22)34/h10-14,18-19H,3-9,15-17H2,1-2H3,(H,29,31,35)/t19-/m1/s1. The number of halogens is 1. The summed E-state index contributed by atoms with van der Waals surface area (Å²) in [5, 5.41) is 9.44. The maximum atomic E-state index is 13.0. The molecule has 1 atom stereocenters. The predicted molar refractivity (Wildman–Crippen MR) is 135 cm³/mol. The largest absolute Gasteiger partial charge is 0.310 e. The van der Waals surface area contributed by atoms with Crippen molar-refractivity contribution in [3.8, 4) is 11.3 Å². The molecule has 0 spiro atoms. The smallest absolute Gasteiger partial charge is 0.229 e. The second kappa shape index (κ2) is 10.4. The Morgan fingerprint density at radius 1 is 1.11 bits per heavy atom. The molecular weight excluding hydrogens is 445 g/mol. The summed E-state index contributed by atoms with van der Waals surface area (Å²) in [7, 11) is 0. The van der Waals surface area contributed by atoms with Crippen molar-refractivity contribution in [1.82, 2.24) is 29.5 Å². The number of aromatic nitrogens is 4. The van der Waals surface area contributed by atoms with Crippen LogP contribution in [0.4, 0.5) is 10.2 Å². The molecule has 186 valence electrons. The van der Waals surface area contributed by atoms with Crippen molar-refractivity contribution < 1.29 is 9.18 Å². The molecule has 0 aromatic carbocycles. The minimum absolute atomic E-state index is 0.0146. The Hall–Kier alpha value is -2.91. The van der Waals surface area contributed by atoms with Gasteiger partial charge in [0.2, 0.25) is 5.91 Å². The van der Waals surface area contributed by atoms with Gasteiger partial charge in [0.15, 0.2) is 0 Å². The molecule has 1 N–H and O–H groups in total. The topological polar surface area (TPSA) is 79.2 Å². The number of carbonyl (C=O) groups excluding carboxylic acids is 1. The van der Waals surface area contributed by atoms with Crippen LogP contribution in [0.3, 0.4) is 0 Å². The van der Waals surface area contributed by atoms with Gasteiger partial charge in [0, 0.05) is 56.1 Å². The molecule has 0 aliphatic carbocycles. The molecule has 1 fully saturated rings. The summed E-state index contributed by atoms with van der Waals surface area (Å²) in [5.41, 5.74) is 2.84. The van der Waals surface area contributed by atoms with Crippen LogP contribution in [0.2, 0.25) is 0 Å². The fourth-order valence-corrected chi connectivity index (χ4v) is 5.26. The zero-order valence-corrected chi connectivity index (χ0v) is 20.6. The molecule has 35 heavy (non-hydrogen) atoms. The van der Waals surface area contributed by atoms with Crippen molar-refractivity contribution in [2.45, 2.75) is 39.8 Å². The SMILES string of the molecule is CC(C)CN1CCC[C@@H](C(=O)Nc2cc3cc(-c4cnn5c4CN(CCF)CC5)ncc3cn2)C1. The molecule has 0 unspecified atom stereocenters. The lowest BCUT2D eigenvalue weighted by atomic mass is 9.96. The van der Waals surface area contributed by atoms with E-state index in [9.17, 15) is 9.18 Å². The van der Waals surface area contributed by atoms with E-state index >= 15 is 0 Å². The van der Waals surface area contributed by atoms with Gasteiger partial charge in [0.25, 0.3) is 0 Å². The maximum absolute atomic E-state index is 13.0. The summed E-state index contributed by atoms with van der Waals surface area (Å²) in [6.45, 7) is 9.61. The Morgan fingerprint density at radius 2 is 1.97 bits per heavy atom. The molecule has 8 nitrogen and oxygen atoms in total. The number of rotatable bonds is 7. The van der Waals surface area contributed by atoms with Crippen LogP contribution in [-0.4, -0.2) is 74.9 Å². The van der Waals surface area contributed by atoms with E-state index in [1.165, 1.54) is 0 Å². The summed E-state index contributed by atoms with van der Waals surface area (Å²) >= 11 is 0. The van der Waals surface area contributed by atoms with Gasteiger partial charge in [-0.15, -0.1) is 0 Å². The normalized spacial score (nSPS) is 19.3. The summed E-state index contributed by atoms with van der Waals surface area (Å²) in [4.78, 5) is 26.6. The van der Waals surface area contributed by atoms with Gasteiger partial charge in [-0.05, 0) is 42.8 Å². The fraction of sp³-hybridized carbons (Fsp3) is 0.538. The number of pyridine rings is 2. The van der Waals surface area contributed by atoms with Crippen LogP contribution in [0.5, 0.6) is 0 Å². The van der Waals surface area contributed by atoms with Crippen LogP contribution in [0.15, 0.2) is 30.7 Å². The number of anilines is 1. The highest BCUT2D eigenvalue weighted by Gasteiger charge is 2.26. The summed E-state index contributed by atoms with van der Waals surface area (Å²) in [6.07, 6.45) is 7.36. The van der Waals surface area contributed by atoms with E-state index in [0.717, 1.165) is 73.3 Å². The first kappa shape index (κ1) is 23.8. The molecule has 5 heterocycles. The van der Waals surface area contributed by atoms with Crippen LogP contribution in [0, 0.1) is 11.8 Å². The Balaban J connectivity index is 1.33. The number of nitrogens with zero attached hydrogens (tertiary/aromatic N) is 6. The molecule has 2 aliphatic rings. The zero-order chi connectivity index (χ0) is 24.4. The van der Waals surface area contributed by atoms with Gasteiger partial charge in [-0.25, -0.2) is 9.37 Å². The lowest BCUT2D eigenvalue weighted by molar-refractivity contribution is -0.121. The van der Waals surface area contributed by atoms with Crippen molar-refractivity contribution in [1.29, 1.82) is 0 Å². The quantitative estimate of drug-likeness (QED) is 0.558. The third-order valence-electron chi connectivity index (χ3n) is 6.98. The Kier molecular flexibility index (Phi) is 7.06. The van der Waals surface area contributed by atoms with Crippen LogP contribution < -0.4 is 5.32 Å². The zero-order valence-electron chi connectivity index (χ0n) is 20.6. The number of nitrogens with one attached hydrogen (secondary N) is 1. The first-order chi connectivity index (χ1) is 17.0. The van der Waals surface area contributed by atoms with Gasteiger partial charge in [-0.3, -0.25) is 19.4 Å². The average Bonchev–Trinajstić information content (AvgIpc) is 3.27. The van der Waals surface area contributed by atoms with E-state index in [1.807, 2.05) is 23.0 Å². The lowest BCUT2D eigenvalue weighted by Gasteiger charge is -2.32. The molecule has 2 aliphatic heterocycles. The van der Waals surface area contributed by atoms with E-state index in [0.29, 0.717) is 24.8 Å². The lowest BCUT2D eigenvalue weighted by Crippen LogP contribution is -2.42. The average molecular weight is 480 g/mol. The molecule has 9 heteroatoms. The highest BCUT2D eigenvalue weighted by molar-refractivity contribution is 5.94. The Morgan fingerprint density at radius 3 is 2.80 bits per heavy atom. The van der Waals surface area contributed by atoms with Gasteiger partial charge >= 0.3 is 0 Å². The number of fused-ring (bicyclic) bond motifs is 2. The van der Waals surface area contributed by atoms with Crippen molar-refractivity contribution in [2.24, 2.45) is 11.8 Å². The van der Waals surface area contributed by atoms with Crippen LogP contribution in [0.1, 0.15) is 32.4 Å². The van der Waals surface area contributed by atoms with E-state index in [1.54, 1.807) is 12.4 Å². The van der Waals surface area contributed by atoms with Gasteiger partial charge < -0.3 is 10.2 Å². The Labute approximate surface area is 205 Å². The molecule has 0 bridgehead atoms. The molecule has 1 saturated heterocycles. The third-order valence-corrected chi connectivity index (χ3v) is 6.98. The highest BCUT2D eigenvalue weighted by atomic mass is 19.1. The number of hydrogen-bond donors (Lipinski definition) is 1. The van der Waals surface area contributed by atoms with Gasteiger partial charge in [-0.2, -0.15) is 5.10 Å². The number of likely N-dealkylation sites (tertiary alicyclic amines) is 1. The van der Waals surface area contributed by atoms with E-state index in [4.69, 9.17) is 0 Å². The van der Waals surface area contributed by atoms with Crippen molar-refractivity contribution in [2.75, 3.05) is 44.7 Å². The molecule has 3 aromatic rings. The van der Waals surface area contributed by atoms with Gasteiger partial charge in [-0.1, -0.05) is 13.8 Å². The maximum Gasteiger partial charge on any atom is 0.229 e. The predicted octanol–water partition coefficient (Wildman–Crippen LogP) is 3.58. The fourth-order valence-electron chi connectivity index (χ4n) is 5.26. The molecule has 1 amide bonds. The molecular formula is C26H34FN7O. The van der Waals surface area contributed by atoms with E-state index in [2.05, 4.69) is 44.0 Å². The van der Waals surface area contributed by atoms with Crippen molar-refractivity contribution in [3.63, 3.8) is 0 Å². The number of alkyl halides is 1. The minimum Gasteiger partial charge on any atom is -0.310 e. The number of hydrogen-bond acceptors (Lipinski definition) is 6. The van der Waals surface area contributed by atoms with Crippen molar-refractivity contribution in [3.05, 3.63) is 36.4 Å². The van der Waals surface area contributed by atoms with E-state index in [-0.39, 0.29) is 18.5 Å². The summed E-state index contributed by atoms with van der Waals surface area (Å²) in [5.74, 6) is 1.18. The van der Waals surface area contributed by atoms with Gasteiger partial charge in [0.1, 0.15) is 12.5 Å². The Bertz CT molecular complexity index is 1190. The summed E-state index contributed by atoms with van der Waals surface area (Å²) in [6, 6.07) is 3.93. The first-order valence-electron chi connectivity index (χ1n) is 12.6. The number of carbonyl (C=O) groups is 1. The van der Waals surface area contributed by atoms with E-state index < -0.39 is 0 Å². The monoisotopic (exact) mass is 479 g/mol. The molecule has 0 radical (unpaired) electrons. The second-order valence-corrected chi connectivity index (χ2v) is 10.2. The number of amides is 1. The van der Waals surface area contributed by atoms with Gasteiger partial charge in [0.05, 0.1) is 30.0 Å². The summed E-state index contributed by atoms with van der Waals surface area (Å²) < 4.78 is 14.9. The highest BCUT2D eigenvalue weighted by Crippen LogP contribution is 2.28. The molecule has 0 saturated carbocycles. The third kappa shape index (κ3) is 5.36. The molecule has 5 rings (SSSR count).